The molecule has 4 heteroatoms. The highest BCUT2D eigenvalue weighted by molar-refractivity contribution is 5.95. The highest BCUT2D eigenvalue weighted by Gasteiger charge is 2.28. The Morgan fingerprint density at radius 3 is 2.64 bits per heavy atom. The number of likely N-dealkylation sites (tertiary alicyclic amines) is 1. The van der Waals surface area contributed by atoms with Crippen molar-refractivity contribution in [2.45, 2.75) is 33.2 Å². The van der Waals surface area contributed by atoms with E-state index in [2.05, 4.69) is 25.7 Å². The summed E-state index contributed by atoms with van der Waals surface area (Å²) < 4.78 is 0. The highest BCUT2D eigenvalue weighted by atomic mass is 16.2. The lowest BCUT2D eigenvalue weighted by Gasteiger charge is -2.37. The van der Waals surface area contributed by atoms with Crippen molar-refractivity contribution in [2.75, 3.05) is 31.1 Å². The molecule has 1 fully saturated rings. The Balaban J connectivity index is 2.03. The van der Waals surface area contributed by atoms with Gasteiger partial charge in [-0.25, -0.2) is 0 Å². The van der Waals surface area contributed by atoms with E-state index in [4.69, 9.17) is 5.73 Å². The monoisotopic (exact) mass is 303 g/mol. The minimum Gasteiger partial charge on any atom is -0.330 e. The van der Waals surface area contributed by atoms with Gasteiger partial charge in [0.15, 0.2) is 0 Å². The normalized spacial score (nSPS) is 22.8. The second kappa shape index (κ2) is 7.75. The third kappa shape index (κ3) is 4.08. The average molecular weight is 303 g/mol. The van der Waals surface area contributed by atoms with Crippen molar-refractivity contribution < 1.29 is 4.79 Å². The molecule has 1 aromatic carbocycles. The molecule has 1 aliphatic rings. The van der Waals surface area contributed by atoms with Crippen molar-refractivity contribution in [3.05, 3.63) is 30.3 Å². The van der Waals surface area contributed by atoms with Crippen molar-refractivity contribution in [1.82, 2.24) is 4.90 Å². The van der Waals surface area contributed by atoms with Gasteiger partial charge in [-0.05, 0) is 57.3 Å². The molecule has 4 nitrogen and oxygen atoms in total. The van der Waals surface area contributed by atoms with Gasteiger partial charge in [0.25, 0.3) is 0 Å². The quantitative estimate of drug-likeness (QED) is 0.908. The first kappa shape index (κ1) is 17.0. The lowest BCUT2D eigenvalue weighted by atomic mass is 9.87. The lowest BCUT2D eigenvalue weighted by Crippen LogP contribution is -2.49. The Morgan fingerprint density at radius 2 is 2.05 bits per heavy atom. The number of nitrogens with two attached hydrogens (primary N) is 1. The van der Waals surface area contributed by atoms with Gasteiger partial charge >= 0.3 is 0 Å². The van der Waals surface area contributed by atoms with E-state index in [0.29, 0.717) is 24.9 Å². The maximum atomic E-state index is 12.8. The Kier molecular flexibility index (Phi) is 5.98. The Hall–Kier alpha value is -1.39. The van der Waals surface area contributed by atoms with E-state index in [1.54, 1.807) is 0 Å². The first-order valence-corrected chi connectivity index (χ1v) is 8.32. The van der Waals surface area contributed by atoms with E-state index in [-0.39, 0.29) is 11.9 Å². The molecule has 1 heterocycles. The van der Waals surface area contributed by atoms with Crippen LogP contribution in [0.3, 0.4) is 0 Å². The van der Waals surface area contributed by atoms with Crippen molar-refractivity contribution in [2.24, 2.45) is 17.6 Å². The fourth-order valence-electron chi connectivity index (χ4n) is 3.26. The molecule has 1 aromatic rings. The van der Waals surface area contributed by atoms with Crippen LogP contribution in [-0.4, -0.2) is 43.0 Å². The maximum absolute atomic E-state index is 12.8. The number of piperidine rings is 1. The molecule has 2 N–H and O–H groups in total. The number of amides is 1. The van der Waals surface area contributed by atoms with Gasteiger partial charge in [-0.15, -0.1) is 0 Å². The van der Waals surface area contributed by atoms with Gasteiger partial charge in [-0.3, -0.25) is 9.69 Å². The average Bonchev–Trinajstić information content (AvgIpc) is 2.50. The molecular formula is C18H29N3O. The zero-order valence-electron chi connectivity index (χ0n) is 14.0. The smallest absolute Gasteiger partial charge is 0.241 e. The van der Waals surface area contributed by atoms with Crippen LogP contribution in [0.5, 0.6) is 0 Å². The Bertz CT molecular complexity index is 474. The third-order valence-corrected chi connectivity index (χ3v) is 4.68. The van der Waals surface area contributed by atoms with Gasteiger partial charge in [-0.2, -0.15) is 0 Å². The Labute approximate surface area is 134 Å². The van der Waals surface area contributed by atoms with Crippen LogP contribution in [0.2, 0.25) is 0 Å². The number of carbonyl (C=O) groups excluding carboxylic acids is 1. The van der Waals surface area contributed by atoms with Gasteiger partial charge in [0.2, 0.25) is 5.91 Å². The molecule has 22 heavy (non-hydrogen) atoms. The second-order valence-corrected chi connectivity index (χ2v) is 6.69. The van der Waals surface area contributed by atoms with Crippen LogP contribution in [0.1, 0.15) is 27.2 Å². The molecule has 1 saturated heterocycles. The predicted octanol–water partition coefficient (Wildman–Crippen LogP) is 2.34. The number of rotatable bonds is 5. The minimum absolute atomic E-state index is 0.156. The van der Waals surface area contributed by atoms with E-state index in [1.807, 2.05) is 35.2 Å². The topological polar surface area (TPSA) is 49.6 Å². The molecule has 0 aliphatic carbocycles. The van der Waals surface area contributed by atoms with Crippen LogP contribution >= 0.6 is 0 Å². The largest absolute Gasteiger partial charge is 0.330 e. The summed E-state index contributed by atoms with van der Waals surface area (Å²) in [5, 5.41) is 0. The van der Waals surface area contributed by atoms with Crippen molar-refractivity contribution in [3.8, 4) is 0 Å². The molecule has 2 unspecified atom stereocenters. The summed E-state index contributed by atoms with van der Waals surface area (Å²) in [6.45, 7) is 9.50. The number of nitrogens with zero attached hydrogens (tertiary/aromatic N) is 2. The molecule has 2 rings (SSSR count). The van der Waals surface area contributed by atoms with E-state index < -0.39 is 0 Å². The summed E-state index contributed by atoms with van der Waals surface area (Å²) in [5.74, 6) is 1.34. The number of anilines is 1. The van der Waals surface area contributed by atoms with E-state index in [0.717, 1.165) is 25.2 Å². The minimum atomic E-state index is 0.156. The van der Waals surface area contributed by atoms with Crippen LogP contribution < -0.4 is 10.6 Å². The zero-order chi connectivity index (χ0) is 16.1. The molecule has 0 saturated carbocycles. The zero-order valence-corrected chi connectivity index (χ0v) is 14.0. The van der Waals surface area contributed by atoms with Gasteiger partial charge in [0.05, 0.1) is 6.54 Å². The standard InChI is InChI=1S/C18H29N3O/c1-14(2)21(17-7-5-4-6-8-17)18(22)13-20-10-9-15(3)16(11-19)12-20/h4-8,14-16H,9-13,19H2,1-3H3. The molecule has 0 bridgehead atoms. The SMILES string of the molecule is CC1CCN(CC(=O)N(c2ccccc2)C(C)C)CC1CN. The molecule has 1 amide bonds. The molecule has 0 spiro atoms. The highest BCUT2D eigenvalue weighted by Crippen LogP contribution is 2.23. The van der Waals surface area contributed by atoms with Gasteiger partial charge in [0.1, 0.15) is 0 Å². The van der Waals surface area contributed by atoms with E-state index in [1.165, 1.54) is 0 Å². The third-order valence-electron chi connectivity index (χ3n) is 4.68. The number of carbonyl (C=O) groups is 1. The summed E-state index contributed by atoms with van der Waals surface area (Å²) >= 11 is 0. The molecule has 2 atom stereocenters. The Morgan fingerprint density at radius 1 is 1.36 bits per heavy atom. The number of hydrogen-bond acceptors (Lipinski definition) is 3. The van der Waals surface area contributed by atoms with Crippen molar-refractivity contribution >= 4 is 11.6 Å². The lowest BCUT2D eigenvalue weighted by molar-refractivity contribution is -0.120. The van der Waals surface area contributed by atoms with Crippen LogP contribution in [0, 0.1) is 11.8 Å². The first-order chi connectivity index (χ1) is 10.5. The van der Waals surface area contributed by atoms with Crippen LogP contribution in [0.15, 0.2) is 30.3 Å². The summed E-state index contributed by atoms with van der Waals surface area (Å²) in [5.41, 5.74) is 6.84. The fourth-order valence-corrected chi connectivity index (χ4v) is 3.26. The molecule has 122 valence electrons. The van der Waals surface area contributed by atoms with Crippen LogP contribution in [0.25, 0.3) is 0 Å². The first-order valence-electron chi connectivity index (χ1n) is 8.32. The van der Waals surface area contributed by atoms with Gasteiger partial charge in [-0.1, -0.05) is 25.1 Å². The maximum Gasteiger partial charge on any atom is 0.241 e. The van der Waals surface area contributed by atoms with Crippen LogP contribution in [-0.2, 0) is 4.79 Å². The van der Waals surface area contributed by atoms with Crippen LogP contribution in [0.4, 0.5) is 5.69 Å². The second-order valence-electron chi connectivity index (χ2n) is 6.69. The van der Waals surface area contributed by atoms with Gasteiger partial charge in [0, 0.05) is 18.3 Å². The number of benzene rings is 1. The van der Waals surface area contributed by atoms with Crippen molar-refractivity contribution in [1.29, 1.82) is 0 Å². The molecular weight excluding hydrogens is 274 g/mol. The van der Waals surface area contributed by atoms with Crippen molar-refractivity contribution in [3.63, 3.8) is 0 Å². The molecule has 0 aromatic heterocycles. The molecule has 0 radical (unpaired) electrons. The summed E-state index contributed by atoms with van der Waals surface area (Å²) in [7, 11) is 0. The van der Waals surface area contributed by atoms with Gasteiger partial charge < -0.3 is 10.6 Å². The predicted molar refractivity (Wildman–Crippen MR) is 91.8 cm³/mol. The molecule has 1 aliphatic heterocycles. The number of para-hydroxylation sites is 1. The fraction of sp³-hybridized carbons (Fsp3) is 0.611. The summed E-state index contributed by atoms with van der Waals surface area (Å²) in [6, 6.07) is 10.1. The number of hydrogen-bond donors (Lipinski definition) is 1. The summed E-state index contributed by atoms with van der Waals surface area (Å²) in [4.78, 5) is 16.9. The van der Waals surface area contributed by atoms with E-state index in [9.17, 15) is 4.79 Å². The summed E-state index contributed by atoms with van der Waals surface area (Å²) in [6.07, 6.45) is 1.13. The van der Waals surface area contributed by atoms with E-state index >= 15 is 0 Å².